The Bertz CT molecular complexity index is 113. The lowest BCUT2D eigenvalue weighted by Crippen LogP contribution is -2.45. The molecule has 0 spiro atoms. The highest BCUT2D eigenvalue weighted by atomic mass is 32.2. The average molecular weight is 170 g/mol. The largest absolute Gasteiger partial charge is 0.395 e. The van der Waals surface area contributed by atoms with Gasteiger partial charge in [-0.05, 0) is 0 Å². The molecule has 0 rings (SSSR count). The van der Waals surface area contributed by atoms with Crippen molar-refractivity contribution in [2.75, 3.05) is 19.8 Å². The molecule has 10 heavy (non-hydrogen) atoms. The molecule has 6 heteroatoms. The number of aliphatic hydroxyl groups excluding tert-OH is 3. The van der Waals surface area contributed by atoms with Crippen LogP contribution in [0.15, 0.2) is 0 Å². The summed E-state index contributed by atoms with van der Waals surface area (Å²) in [6.45, 7) is -2.16. The van der Waals surface area contributed by atoms with Gasteiger partial charge in [0.2, 0.25) is 0 Å². The topological polar surface area (TPSA) is 98.0 Å². The fourth-order valence-corrected chi connectivity index (χ4v) is 0.647. The van der Waals surface area contributed by atoms with E-state index in [9.17, 15) is 4.21 Å². The highest BCUT2D eigenvalue weighted by molar-refractivity contribution is 7.80. The monoisotopic (exact) mass is 170 g/mol. The molecule has 0 aliphatic rings. The van der Waals surface area contributed by atoms with Gasteiger partial charge in [-0.15, -0.1) is 0 Å². The van der Waals surface area contributed by atoms with Gasteiger partial charge in [0.05, 0.1) is 19.8 Å². The molecule has 5 nitrogen and oxygen atoms in total. The minimum atomic E-state index is -2.41. The molecule has 62 valence electrons. The molecule has 0 radical (unpaired) electrons. The molecule has 0 amide bonds. The third-order valence-electron chi connectivity index (χ3n) is 1.23. The van der Waals surface area contributed by atoms with Gasteiger partial charge in [0.15, 0.2) is 11.1 Å². The number of aliphatic hydroxyl groups is 3. The van der Waals surface area contributed by atoms with Crippen LogP contribution in [0.25, 0.3) is 0 Å². The molecular weight excluding hydrogens is 160 g/mol. The molecule has 4 N–H and O–H groups in total. The first-order valence-electron chi connectivity index (χ1n) is 2.56. The summed E-state index contributed by atoms with van der Waals surface area (Å²) < 4.78 is 17.1. The second kappa shape index (κ2) is 3.99. The van der Waals surface area contributed by atoms with Crippen LogP contribution in [-0.2, 0) is 11.1 Å². The van der Waals surface area contributed by atoms with Crippen molar-refractivity contribution in [2.24, 2.45) is 0 Å². The molecule has 0 saturated carbocycles. The van der Waals surface area contributed by atoms with Gasteiger partial charge < -0.3 is 19.9 Å². The molecule has 1 unspecified atom stereocenters. The van der Waals surface area contributed by atoms with E-state index in [1.807, 2.05) is 0 Å². The summed E-state index contributed by atoms with van der Waals surface area (Å²) in [6, 6.07) is 0. The first-order valence-corrected chi connectivity index (χ1v) is 3.67. The molecule has 0 bridgehead atoms. The summed E-state index contributed by atoms with van der Waals surface area (Å²) in [4.78, 5) is 0. The molecule has 0 aromatic carbocycles. The van der Waals surface area contributed by atoms with Crippen molar-refractivity contribution in [3.63, 3.8) is 0 Å². The Hall–Kier alpha value is -0.0100. The number of hydrogen-bond acceptors (Lipinski definition) is 4. The molecule has 0 fully saturated rings. The lowest BCUT2D eigenvalue weighted by Gasteiger charge is -2.21. The predicted molar refractivity (Wildman–Crippen MR) is 34.8 cm³/mol. The van der Waals surface area contributed by atoms with E-state index < -0.39 is 35.6 Å². The third-order valence-corrected chi connectivity index (χ3v) is 2.36. The Labute approximate surface area is 60.6 Å². The van der Waals surface area contributed by atoms with E-state index in [-0.39, 0.29) is 0 Å². The summed E-state index contributed by atoms with van der Waals surface area (Å²) in [5, 5.41) is 25.4. The van der Waals surface area contributed by atoms with Crippen LogP contribution >= 0.6 is 0 Å². The molecular formula is C4H10O5S. The van der Waals surface area contributed by atoms with Gasteiger partial charge in [-0.1, -0.05) is 0 Å². The predicted octanol–water partition coefficient (Wildman–Crippen LogP) is -2.08. The van der Waals surface area contributed by atoms with Crippen LogP contribution in [-0.4, -0.2) is 48.6 Å². The van der Waals surface area contributed by atoms with E-state index in [1.165, 1.54) is 0 Å². The van der Waals surface area contributed by atoms with Crippen LogP contribution < -0.4 is 0 Å². The molecule has 0 saturated heterocycles. The van der Waals surface area contributed by atoms with Gasteiger partial charge in [0, 0.05) is 0 Å². The average Bonchev–Trinajstić information content (AvgIpc) is 1.92. The first kappa shape index (κ1) is 9.99. The zero-order valence-electron chi connectivity index (χ0n) is 5.23. The van der Waals surface area contributed by atoms with Crippen LogP contribution in [0.3, 0.4) is 0 Å². The van der Waals surface area contributed by atoms with E-state index in [4.69, 9.17) is 19.9 Å². The van der Waals surface area contributed by atoms with Gasteiger partial charge in [-0.2, -0.15) is 0 Å². The van der Waals surface area contributed by atoms with E-state index in [0.717, 1.165) is 0 Å². The van der Waals surface area contributed by atoms with Gasteiger partial charge in [0.1, 0.15) is 4.75 Å². The zero-order chi connectivity index (χ0) is 8.20. The van der Waals surface area contributed by atoms with Crippen molar-refractivity contribution in [2.45, 2.75) is 4.75 Å². The molecule has 1 atom stereocenters. The normalized spacial score (nSPS) is 15.2. The van der Waals surface area contributed by atoms with Gasteiger partial charge in [-0.25, -0.2) is 4.21 Å². The Morgan fingerprint density at radius 1 is 1.10 bits per heavy atom. The van der Waals surface area contributed by atoms with E-state index >= 15 is 0 Å². The van der Waals surface area contributed by atoms with Crippen LogP contribution in [0.5, 0.6) is 0 Å². The van der Waals surface area contributed by atoms with Crippen LogP contribution in [0, 0.1) is 0 Å². The summed E-state index contributed by atoms with van der Waals surface area (Å²) in [6.07, 6.45) is 0. The minimum absolute atomic E-state index is 0.719. The van der Waals surface area contributed by atoms with Crippen molar-refractivity contribution in [3.8, 4) is 0 Å². The SMILES string of the molecule is O=S(O)C(CO)(CO)CO. The Morgan fingerprint density at radius 3 is 1.40 bits per heavy atom. The first-order chi connectivity index (χ1) is 4.63. The molecule has 0 aliphatic carbocycles. The Kier molecular flexibility index (Phi) is 3.99. The minimum Gasteiger partial charge on any atom is -0.395 e. The van der Waals surface area contributed by atoms with Gasteiger partial charge >= 0.3 is 0 Å². The maximum atomic E-state index is 10.3. The van der Waals surface area contributed by atoms with Crippen LogP contribution in [0.4, 0.5) is 0 Å². The summed E-state index contributed by atoms with van der Waals surface area (Å²) in [5.41, 5.74) is 0. The van der Waals surface area contributed by atoms with E-state index in [0.29, 0.717) is 0 Å². The fourth-order valence-electron chi connectivity index (χ4n) is 0.316. The third kappa shape index (κ3) is 1.74. The smallest absolute Gasteiger partial charge is 0.166 e. The second-order valence-corrected chi connectivity index (χ2v) is 3.27. The van der Waals surface area contributed by atoms with Gasteiger partial charge in [0.25, 0.3) is 0 Å². The fraction of sp³-hybridized carbons (Fsp3) is 1.00. The molecule has 0 aromatic heterocycles. The molecule has 0 aliphatic heterocycles. The molecule has 0 heterocycles. The lowest BCUT2D eigenvalue weighted by molar-refractivity contribution is 0.113. The highest BCUT2D eigenvalue weighted by Gasteiger charge is 2.34. The standard InChI is InChI=1S/C4H10O5S/c5-1-4(2-6,3-7)10(8)9/h5-7H,1-3H2,(H,8,9). The number of rotatable bonds is 4. The van der Waals surface area contributed by atoms with Crippen molar-refractivity contribution in [3.05, 3.63) is 0 Å². The summed E-state index contributed by atoms with van der Waals surface area (Å²) in [5.74, 6) is 0. The maximum Gasteiger partial charge on any atom is 0.166 e. The maximum absolute atomic E-state index is 10.3. The molecule has 0 aromatic rings. The number of hydrogen-bond donors (Lipinski definition) is 4. The van der Waals surface area contributed by atoms with Crippen molar-refractivity contribution in [1.82, 2.24) is 0 Å². The highest BCUT2D eigenvalue weighted by Crippen LogP contribution is 2.09. The van der Waals surface area contributed by atoms with Crippen molar-refractivity contribution >= 4 is 11.1 Å². The van der Waals surface area contributed by atoms with Crippen molar-refractivity contribution in [1.29, 1.82) is 0 Å². The van der Waals surface area contributed by atoms with Crippen molar-refractivity contribution < 1.29 is 24.1 Å². The van der Waals surface area contributed by atoms with Crippen LogP contribution in [0.2, 0.25) is 0 Å². The van der Waals surface area contributed by atoms with Crippen LogP contribution in [0.1, 0.15) is 0 Å². The second-order valence-electron chi connectivity index (χ2n) is 1.91. The van der Waals surface area contributed by atoms with Gasteiger partial charge in [-0.3, -0.25) is 0 Å². The Morgan fingerprint density at radius 2 is 1.40 bits per heavy atom. The summed E-state index contributed by atoms with van der Waals surface area (Å²) in [7, 11) is 0. The zero-order valence-corrected chi connectivity index (χ0v) is 6.04. The van der Waals surface area contributed by atoms with E-state index in [2.05, 4.69) is 0 Å². The summed E-state index contributed by atoms with van der Waals surface area (Å²) >= 11 is -2.41. The quantitative estimate of drug-likeness (QED) is 0.363. The van der Waals surface area contributed by atoms with E-state index in [1.54, 1.807) is 0 Å². The Balaban J connectivity index is 4.31. The lowest BCUT2D eigenvalue weighted by atomic mass is 10.2.